The van der Waals surface area contributed by atoms with Crippen LogP contribution in [0.25, 0.3) is 0 Å². The average molecular weight is 274 g/mol. The van der Waals surface area contributed by atoms with E-state index in [9.17, 15) is 14.3 Å². The van der Waals surface area contributed by atoms with Crippen LogP contribution in [-0.2, 0) is 15.5 Å². The van der Waals surface area contributed by atoms with Gasteiger partial charge in [0.1, 0.15) is 6.23 Å². The number of aromatic nitrogens is 1. The van der Waals surface area contributed by atoms with Crippen LogP contribution in [0, 0.1) is 10.1 Å². The van der Waals surface area contributed by atoms with Gasteiger partial charge in [-0.2, -0.15) is 0 Å². The van der Waals surface area contributed by atoms with E-state index in [4.69, 9.17) is 9.84 Å². The highest BCUT2D eigenvalue weighted by atomic mass is 32.2. The van der Waals surface area contributed by atoms with Crippen LogP contribution in [0.1, 0.15) is 12.6 Å². The number of aliphatic hydroxyl groups excluding tert-OH is 1. The van der Waals surface area contributed by atoms with Crippen LogP contribution < -0.4 is 0 Å². The fourth-order valence-corrected chi connectivity index (χ4v) is 3.10. The van der Waals surface area contributed by atoms with Crippen LogP contribution in [0.3, 0.4) is 0 Å². The minimum Gasteiger partial charge on any atom is -0.394 e. The van der Waals surface area contributed by atoms with Gasteiger partial charge < -0.3 is 14.4 Å². The first-order valence-electron chi connectivity index (χ1n) is 5.43. The Hall–Kier alpha value is -1.25. The molecular weight excluding hydrogens is 260 g/mol. The molecule has 1 aliphatic heterocycles. The summed E-state index contributed by atoms with van der Waals surface area (Å²) >= 11 is 0. The molecule has 8 heteroatoms. The van der Waals surface area contributed by atoms with E-state index in [2.05, 4.69) is 0 Å². The molecule has 0 spiro atoms. The van der Waals surface area contributed by atoms with Gasteiger partial charge in [-0.15, -0.1) is 0 Å². The molecule has 1 aromatic heterocycles. The average Bonchev–Trinajstić information content (AvgIpc) is 2.95. The Morgan fingerprint density at radius 3 is 2.89 bits per heavy atom. The Morgan fingerprint density at radius 2 is 2.44 bits per heavy atom. The van der Waals surface area contributed by atoms with Gasteiger partial charge in [0.2, 0.25) is 0 Å². The SMILES string of the molecule is CS(=O)[C@H]1C[C@H](n2ccc([N+](=O)[O-])c2)O[C@@H]1CO. The van der Waals surface area contributed by atoms with Crippen molar-refractivity contribution in [2.24, 2.45) is 0 Å². The largest absolute Gasteiger partial charge is 0.394 e. The summed E-state index contributed by atoms with van der Waals surface area (Å²) in [6.07, 6.45) is 4.07. The van der Waals surface area contributed by atoms with E-state index in [-0.39, 0.29) is 17.5 Å². The van der Waals surface area contributed by atoms with Crippen molar-refractivity contribution in [3.05, 3.63) is 28.6 Å². The molecule has 1 unspecified atom stereocenters. The first kappa shape index (κ1) is 13.2. The third-order valence-corrected chi connectivity index (χ3v) is 4.38. The van der Waals surface area contributed by atoms with Crippen LogP contribution in [0.2, 0.25) is 0 Å². The number of nitrogens with zero attached hydrogens (tertiary/aromatic N) is 2. The molecule has 2 rings (SSSR count). The molecule has 2 heterocycles. The molecule has 0 radical (unpaired) electrons. The van der Waals surface area contributed by atoms with Crippen LogP contribution in [-0.4, -0.2) is 43.0 Å². The molecule has 100 valence electrons. The van der Waals surface area contributed by atoms with E-state index in [0.717, 1.165) is 0 Å². The van der Waals surface area contributed by atoms with Crippen molar-refractivity contribution < 1.29 is 19.0 Å². The van der Waals surface area contributed by atoms with Crippen molar-refractivity contribution in [3.63, 3.8) is 0 Å². The van der Waals surface area contributed by atoms with Crippen LogP contribution in [0.15, 0.2) is 18.5 Å². The Morgan fingerprint density at radius 1 is 1.72 bits per heavy atom. The topological polar surface area (TPSA) is 94.6 Å². The van der Waals surface area contributed by atoms with Gasteiger partial charge in [-0.3, -0.25) is 14.3 Å². The van der Waals surface area contributed by atoms with Crippen LogP contribution in [0.5, 0.6) is 0 Å². The summed E-state index contributed by atoms with van der Waals surface area (Å²) < 4.78 is 18.6. The summed E-state index contributed by atoms with van der Waals surface area (Å²) in [6, 6.07) is 1.38. The number of hydrogen-bond donors (Lipinski definition) is 1. The Bertz CT molecular complexity index is 475. The molecule has 7 nitrogen and oxygen atoms in total. The monoisotopic (exact) mass is 274 g/mol. The summed E-state index contributed by atoms with van der Waals surface area (Å²) in [4.78, 5) is 10.1. The smallest absolute Gasteiger partial charge is 0.286 e. The van der Waals surface area contributed by atoms with Crippen molar-refractivity contribution in [2.45, 2.75) is 24.0 Å². The predicted octanol–water partition coefficient (Wildman–Crippen LogP) is 0.423. The van der Waals surface area contributed by atoms with Crippen molar-refractivity contribution >= 4 is 16.5 Å². The lowest BCUT2D eigenvalue weighted by Gasteiger charge is -2.13. The molecule has 4 atom stereocenters. The second-order valence-electron chi connectivity index (χ2n) is 4.16. The maximum Gasteiger partial charge on any atom is 0.286 e. The Kier molecular flexibility index (Phi) is 3.79. The highest BCUT2D eigenvalue weighted by molar-refractivity contribution is 7.85. The summed E-state index contributed by atoms with van der Waals surface area (Å²) in [7, 11) is -1.10. The molecule has 1 saturated heterocycles. The fourth-order valence-electron chi connectivity index (χ4n) is 2.09. The third kappa shape index (κ3) is 2.45. The Labute approximate surface area is 106 Å². The van der Waals surface area contributed by atoms with E-state index in [1.54, 1.807) is 17.0 Å². The van der Waals surface area contributed by atoms with Crippen molar-refractivity contribution in [1.82, 2.24) is 4.57 Å². The second kappa shape index (κ2) is 5.17. The maximum atomic E-state index is 11.5. The highest BCUT2D eigenvalue weighted by Crippen LogP contribution is 2.32. The summed E-state index contributed by atoms with van der Waals surface area (Å²) in [5.41, 5.74) is -0.0137. The van der Waals surface area contributed by atoms with Gasteiger partial charge >= 0.3 is 0 Å². The number of hydrogen-bond acceptors (Lipinski definition) is 5. The van der Waals surface area contributed by atoms with E-state index < -0.39 is 28.1 Å². The lowest BCUT2D eigenvalue weighted by atomic mass is 10.2. The third-order valence-electron chi connectivity index (χ3n) is 3.03. The number of rotatable bonds is 4. The first-order valence-corrected chi connectivity index (χ1v) is 7.05. The summed E-state index contributed by atoms with van der Waals surface area (Å²) in [5, 5.41) is 19.5. The lowest BCUT2D eigenvalue weighted by Crippen LogP contribution is -2.28. The van der Waals surface area contributed by atoms with Crippen LogP contribution in [0.4, 0.5) is 5.69 Å². The molecule has 18 heavy (non-hydrogen) atoms. The number of ether oxygens (including phenoxy) is 1. The molecule has 0 bridgehead atoms. The van der Waals surface area contributed by atoms with Gasteiger partial charge in [0.25, 0.3) is 5.69 Å². The predicted molar refractivity (Wildman–Crippen MR) is 64.6 cm³/mol. The molecule has 0 amide bonds. The molecule has 1 fully saturated rings. The van der Waals surface area contributed by atoms with Crippen molar-refractivity contribution in [3.8, 4) is 0 Å². The molecule has 0 saturated carbocycles. The minimum absolute atomic E-state index is 0.0137. The van der Waals surface area contributed by atoms with Gasteiger partial charge in [0, 0.05) is 35.7 Å². The quantitative estimate of drug-likeness (QED) is 0.634. The fraction of sp³-hybridized carbons (Fsp3) is 0.600. The zero-order valence-corrected chi connectivity index (χ0v) is 10.6. The van der Waals surface area contributed by atoms with Crippen molar-refractivity contribution in [1.29, 1.82) is 0 Å². The number of nitro groups is 1. The van der Waals surface area contributed by atoms with Gasteiger partial charge in [-0.25, -0.2) is 0 Å². The summed E-state index contributed by atoms with van der Waals surface area (Å²) in [6.45, 7) is -0.204. The standard InChI is InChI=1S/C10H14N2O5S/c1-18(16)9-4-10(17-8(9)6-13)11-3-2-7(5-11)12(14)15/h2-3,5,8-10,13H,4,6H2,1H3/t8-,9+,10-,18?/m1/s1. The van der Waals surface area contributed by atoms with E-state index in [1.165, 1.54) is 12.3 Å². The molecule has 0 aromatic carbocycles. The van der Waals surface area contributed by atoms with Crippen molar-refractivity contribution in [2.75, 3.05) is 12.9 Å². The van der Waals surface area contributed by atoms with Gasteiger partial charge in [0.05, 0.1) is 29.1 Å². The highest BCUT2D eigenvalue weighted by Gasteiger charge is 2.38. The normalized spacial score (nSPS) is 29.3. The zero-order chi connectivity index (χ0) is 13.3. The van der Waals surface area contributed by atoms with Gasteiger partial charge in [-0.05, 0) is 0 Å². The number of aliphatic hydroxyl groups is 1. The van der Waals surface area contributed by atoms with E-state index in [0.29, 0.717) is 6.42 Å². The first-order chi connectivity index (χ1) is 8.52. The molecule has 1 N–H and O–H groups in total. The lowest BCUT2D eigenvalue weighted by molar-refractivity contribution is -0.384. The Balaban J connectivity index is 2.15. The molecule has 1 aromatic rings. The van der Waals surface area contributed by atoms with Crippen LogP contribution >= 0.6 is 0 Å². The second-order valence-corrected chi connectivity index (χ2v) is 5.76. The molecule has 0 aliphatic carbocycles. The van der Waals surface area contributed by atoms with Gasteiger partial charge in [0.15, 0.2) is 0 Å². The van der Waals surface area contributed by atoms with E-state index >= 15 is 0 Å². The maximum absolute atomic E-state index is 11.5. The zero-order valence-electron chi connectivity index (χ0n) is 9.76. The van der Waals surface area contributed by atoms with E-state index in [1.807, 2.05) is 0 Å². The summed E-state index contributed by atoms with van der Waals surface area (Å²) in [5.74, 6) is 0. The minimum atomic E-state index is -1.10. The van der Waals surface area contributed by atoms with Gasteiger partial charge in [-0.1, -0.05) is 0 Å². The molecular formula is C10H14N2O5S. The molecule has 1 aliphatic rings.